The van der Waals surface area contributed by atoms with Crippen LogP contribution in [-0.4, -0.2) is 59.8 Å². The molecule has 130 valence electrons. The lowest BCUT2D eigenvalue weighted by Gasteiger charge is -2.32. The smallest absolute Gasteiger partial charge is 0.270 e. The second kappa shape index (κ2) is 7.90. The third-order valence-corrected chi connectivity index (χ3v) is 4.33. The number of likely N-dealkylation sites (N-methyl/N-ethyl adjacent to an activating group) is 1. The number of pyridine rings is 1. The highest BCUT2D eigenvalue weighted by atomic mass is 16.2. The van der Waals surface area contributed by atoms with Gasteiger partial charge in [0.1, 0.15) is 5.69 Å². The van der Waals surface area contributed by atoms with Crippen LogP contribution in [-0.2, 0) is 6.54 Å². The van der Waals surface area contributed by atoms with Gasteiger partial charge in [0.25, 0.3) is 11.8 Å². The van der Waals surface area contributed by atoms with Gasteiger partial charge in [0.05, 0.1) is 0 Å². The number of hydrogen-bond donors (Lipinski definition) is 1. The Balaban J connectivity index is 1.64. The minimum absolute atomic E-state index is 0.0485. The molecule has 1 N–H and O–H groups in total. The van der Waals surface area contributed by atoms with Crippen LogP contribution in [0.1, 0.15) is 26.4 Å². The van der Waals surface area contributed by atoms with Gasteiger partial charge in [-0.05, 0) is 24.7 Å². The molecule has 3 rings (SSSR count). The number of piperazine rings is 1. The third kappa shape index (κ3) is 4.42. The standard InChI is InChI=1S/C19H22N4O2/c1-22-9-11-23(12-10-22)19(25)16-7-8-20-17(13-16)18(24)21-14-15-5-3-2-4-6-15/h2-8,13H,9-12,14H2,1H3,(H,21,24). The van der Waals surface area contributed by atoms with E-state index in [1.54, 1.807) is 12.1 Å². The largest absolute Gasteiger partial charge is 0.347 e. The fraction of sp³-hybridized carbons (Fsp3) is 0.316. The van der Waals surface area contributed by atoms with Crippen LogP contribution in [0, 0.1) is 0 Å². The van der Waals surface area contributed by atoms with Crippen molar-refractivity contribution in [2.45, 2.75) is 6.54 Å². The van der Waals surface area contributed by atoms with Crippen LogP contribution in [0.25, 0.3) is 0 Å². The molecule has 1 saturated heterocycles. The molecule has 0 unspecified atom stereocenters. The highest BCUT2D eigenvalue weighted by Gasteiger charge is 2.21. The highest BCUT2D eigenvalue weighted by molar-refractivity contribution is 5.98. The Morgan fingerprint density at radius 1 is 1.08 bits per heavy atom. The van der Waals surface area contributed by atoms with Crippen LogP contribution in [0.3, 0.4) is 0 Å². The van der Waals surface area contributed by atoms with E-state index in [0.29, 0.717) is 25.2 Å². The Morgan fingerprint density at radius 3 is 2.52 bits per heavy atom. The summed E-state index contributed by atoms with van der Waals surface area (Å²) in [6, 6.07) is 12.9. The van der Waals surface area contributed by atoms with Gasteiger partial charge in [-0.2, -0.15) is 0 Å². The van der Waals surface area contributed by atoms with E-state index in [1.165, 1.54) is 6.20 Å². The molecule has 1 aliphatic heterocycles. The SMILES string of the molecule is CN1CCN(C(=O)c2ccnc(C(=O)NCc3ccccc3)c2)CC1. The number of nitrogens with one attached hydrogen (secondary N) is 1. The molecule has 2 heterocycles. The summed E-state index contributed by atoms with van der Waals surface area (Å²) < 4.78 is 0. The van der Waals surface area contributed by atoms with Crippen molar-refractivity contribution in [2.75, 3.05) is 33.2 Å². The van der Waals surface area contributed by atoms with Crippen molar-refractivity contribution in [1.82, 2.24) is 20.1 Å². The molecule has 6 nitrogen and oxygen atoms in total. The molecule has 0 radical (unpaired) electrons. The lowest BCUT2D eigenvalue weighted by molar-refractivity contribution is 0.0664. The average Bonchev–Trinajstić information content (AvgIpc) is 2.67. The third-order valence-electron chi connectivity index (χ3n) is 4.33. The fourth-order valence-corrected chi connectivity index (χ4v) is 2.75. The molecule has 0 saturated carbocycles. The first-order chi connectivity index (χ1) is 12.1. The quantitative estimate of drug-likeness (QED) is 0.915. The second-order valence-corrected chi connectivity index (χ2v) is 6.19. The maximum Gasteiger partial charge on any atom is 0.270 e. The molecule has 2 aromatic rings. The highest BCUT2D eigenvalue weighted by Crippen LogP contribution is 2.09. The van der Waals surface area contributed by atoms with Crippen molar-refractivity contribution < 1.29 is 9.59 Å². The van der Waals surface area contributed by atoms with Gasteiger partial charge in [-0.1, -0.05) is 30.3 Å². The first kappa shape index (κ1) is 17.1. The number of rotatable bonds is 4. The average molecular weight is 338 g/mol. The molecule has 25 heavy (non-hydrogen) atoms. The normalized spacial score (nSPS) is 15.0. The van der Waals surface area contributed by atoms with Gasteiger partial charge < -0.3 is 15.1 Å². The Kier molecular flexibility index (Phi) is 5.40. The number of carbonyl (C=O) groups is 2. The van der Waals surface area contributed by atoms with Crippen LogP contribution in [0.4, 0.5) is 0 Å². The lowest BCUT2D eigenvalue weighted by Crippen LogP contribution is -2.47. The molecular weight excluding hydrogens is 316 g/mol. The van der Waals surface area contributed by atoms with Crippen molar-refractivity contribution >= 4 is 11.8 Å². The topological polar surface area (TPSA) is 65.5 Å². The van der Waals surface area contributed by atoms with E-state index in [0.717, 1.165) is 18.7 Å². The van der Waals surface area contributed by atoms with Gasteiger partial charge in [-0.15, -0.1) is 0 Å². The molecule has 1 aromatic heterocycles. The summed E-state index contributed by atoms with van der Waals surface area (Å²) in [6.45, 7) is 3.56. The Labute approximate surface area is 147 Å². The van der Waals surface area contributed by atoms with Gasteiger partial charge in [0, 0.05) is 44.5 Å². The molecular formula is C19H22N4O2. The zero-order chi connectivity index (χ0) is 17.6. The minimum atomic E-state index is -0.281. The molecule has 1 fully saturated rings. The molecule has 0 atom stereocenters. The summed E-state index contributed by atoms with van der Waals surface area (Å²) >= 11 is 0. The molecule has 2 amide bonds. The maximum atomic E-state index is 12.6. The van der Waals surface area contributed by atoms with Gasteiger partial charge in [-0.25, -0.2) is 0 Å². The molecule has 6 heteroatoms. The van der Waals surface area contributed by atoms with E-state index in [2.05, 4.69) is 15.2 Å². The minimum Gasteiger partial charge on any atom is -0.347 e. The molecule has 0 bridgehead atoms. The zero-order valence-corrected chi connectivity index (χ0v) is 14.3. The van der Waals surface area contributed by atoms with E-state index in [-0.39, 0.29) is 17.5 Å². The molecule has 0 spiro atoms. The van der Waals surface area contributed by atoms with Crippen LogP contribution in [0.5, 0.6) is 0 Å². The lowest BCUT2D eigenvalue weighted by atomic mass is 10.1. The Bertz CT molecular complexity index is 740. The summed E-state index contributed by atoms with van der Waals surface area (Å²) in [7, 11) is 2.05. The Hall–Kier alpha value is -2.73. The summed E-state index contributed by atoms with van der Waals surface area (Å²) in [4.78, 5) is 33.0. The van der Waals surface area contributed by atoms with Crippen LogP contribution in [0.15, 0.2) is 48.7 Å². The van der Waals surface area contributed by atoms with Gasteiger partial charge in [0.15, 0.2) is 0 Å². The molecule has 0 aliphatic carbocycles. The number of amides is 2. The number of nitrogens with zero attached hydrogens (tertiary/aromatic N) is 3. The summed E-state index contributed by atoms with van der Waals surface area (Å²) in [5.74, 6) is -0.329. The number of hydrogen-bond acceptors (Lipinski definition) is 4. The van der Waals surface area contributed by atoms with Gasteiger partial charge >= 0.3 is 0 Å². The molecule has 1 aromatic carbocycles. The van der Waals surface area contributed by atoms with Crippen LogP contribution >= 0.6 is 0 Å². The zero-order valence-electron chi connectivity index (χ0n) is 14.3. The number of aromatic nitrogens is 1. The van der Waals surface area contributed by atoms with Crippen molar-refractivity contribution in [1.29, 1.82) is 0 Å². The van der Waals surface area contributed by atoms with Crippen LogP contribution < -0.4 is 5.32 Å². The van der Waals surface area contributed by atoms with Gasteiger partial charge in [-0.3, -0.25) is 14.6 Å². The van der Waals surface area contributed by atoms with Crippen molar-refractivity contribution in [2.24, 2.45) is 0 Å². The van der Waals surface area contributed by atoms with E-state index in [9.17, 15) is 9.59 Å². The van der Waals surface area contributed by atoms with Crippen molar-refractivity contribution in [3.63, 3.8) is 0 Å². The number of carbonyl (C=O) groups excluding carboxylic acids is 2. The second-order valence-electron chi connectivity index (χ2n) is 6.19. The maximum absolute atomic E-state index is 12.6. The Morgan fingerprint density at radius 2 is 1.80 bits per heavy atom. The number of benzene rings is 1. The van der Waals surface area contributed by atoms with Gasteiger partial charge in [0.2, 0.25) is 0 Å². The summed E-state index contributed by atoms with van der Waals surface area (Å²) in [5, 5.41) is 2.83. The fourth-order valence-electron chi connectivity index (χ4n) is 2.75. The van der Waals surface area contributed by atoms with E-state index >= 15 is 0 Å². The molecule has 1 aliphatic rings. The van der Waals surface area contributed by atoms with Crippen LogP contribution in [0.2, 0.25) is 0 Å². The predicted molar refractivity (Wildman–Crippen MR) is 95.2 cm³/mol. The monoisotopic (exact) mass is 338 g/mol. The van der Waals surface area contributed by atoms with E-state index in [1.807, 2.05) is 42.3 Å². The van der Waals surface area contributed by atoms with E-state index in [4.69, 9.17) is 0 Å². The van der Waals surface area contributed by atoms with E-state index < -0.39 is 0 Å². The first-order valence-corrected chi connectivity index (χ1v) is 8.39. The summed E-state index contributed by atoms with van der Waals surface area (Å²) in [6.07, 6.45) is 1.51. The van der Waals surface area contributed by atoms with Crippen molar-refractivity contribution in [3.05, 3.63) is 65.5 Å². The first-order valence-electron chi connectivity index (χ1n) is 8.39. The predicted octanol–water partition coefficient (Wildman–Crippen LogP) is 1.40. The van der Waals surface area contributed by atoms with Crippen molar-refractivity contribution in [3.8, 4) is 0 Å². The summed E-state index contributed by atoms with van der Waals surface area (Å²) in [5.41, 5.74) is 1.78.